The standard InChI is InChI=1S/C36H46FN5O7/c1-36(2,3)49-35(46)41-14-11-24(12-15-41)8-10-32(43)42-13-5-6-27(22-42)34(45)40-31(18-33(44)47-4)28-17-29(21-39-20-28)48-23-25-7-9-26(19-38)30(37)16-25/h7,9,16-17,20-21,24,27,31H,5-6,8,10-15,18,22-23H2,1-4H3,(H,40,45). The van der Waals surface area contributed by atoms with E-state index in [1.54, 1.807) is 28.0 Å². The van der Waals surface area contributed by atoms with Crippen LogP contribution in [0, 0.1) is 29.0 Å². The lowest BCUT2D eigenvalue weighted by molar-refractivity contribution is -0.141. The first-order chi connectivity index (χ1) is 23.3. The van der Waals surface area contributed by atoms with Gasteiger partial charge in [0.15, 0.2) is 0 Å². The van der Waals surface area contributed by atoms with Crippen molar-refractivity contribution in [3.05, 3.63) is 59.2 Å². The molecule has 0 spiro atoms. The number of amides is 3. The quantitative estimate of drug-likeness (QED) is 0.322. The number of hydrogen-bond acceptors (Lipinski definition) is 9. The number of ether oxygens (including phenoxy) is 3. The number of piperidine rings is 2. The Bertz CT molecular complexity index is 1530. The van der Waals surface area contributed by atoms with Gasteiger partial charge in [0.05, 0.1) is 37.3 Å². The monoisotopic (exact) mass is 679 g/mol. The average Bonchev–Trinajstić information content (AvgIpc) is 3.09. The smallest absolute Gasteiger partial charge is 0.410 e. The van der Waals surface area contributed by atoms with E-state index in [0.29, 0.717) is 61.7 Å². The summed E-state index contributed by atoms with van der Waals surface area (Å²) in [5.74, 6) is -1.21. The highest BCUT2D eigenvalue weighted by molar-refractivity contribution is 5.82. The van der Waals surface area contributed by atoms with Crippen LogP contribution in [0.1, 0.15) is 88.4 Å². The van der Waals surface area contributed by atoms with Crippen LogP contribution in [0.4, 0.5) is 9.18 Å². The minimum Gasteiger partial charge on any atom is -0.487 e. The molecule has 0 saturated carbocycles. The molecule has 2 atom stereocenters. The van der Waals surface area contributed by atoms with E-state index >= 15 is 0 Å². The van der Waals surface area contributed by atoms with Crippen LogP contribution in [-0.4, -0.2) is 77.6 Å². The third kappa shape index (κ3) is 11.2. The number of carbonyl (C=O) groups excluding carboxylic acids is 4. The lowest BCUT2D eigenvalue weighted by Crippen LogP contribution is -2.46. The number of likely N-dealkylation sites (tertiary alicyclic amines) is 2. The molecule has 2 saturated heterocycles. The Balaban J connectivity index is 1.30. The fourth-order valence-electron chi connectivity index (χ4n) is 6.04. The SMILES string of the molecule is COC(=O)CC(NC(=O)C1CCCN(C(=O)CCC2CCN(C(=O)OC(C)(C)C)CC2)C1)c1cncc(OCc2ccc(C#N)c(F)c2)c1. The van der Waals surface area contributed by atoms with Crippen LogP contribution in [0.25, 0.3) is 0 Å². The van der Waals surface area contributed by atoms with Gasteiger partial charge in [-0.2, -0.15) is 5.26 Å². The molecule has 13 heteroatoms. The first-order valence-electron chi connectivity index (χ1n) is 16.7. The molecule has 1 aromatic heterocycles. The van der Waals surface area contributed by atoms with E-state index in [0.717, 1.165) is 19.3 Å². The van der Waals surface area contributed by atoms with Gasteiger partial charge in [-0.25, -0.2) is 9.18 Å². The molecule has 0 aliphatic carbocycles. The van der Waals surface area contributed by atoms with Crippen molar-refractivity contribution in [2.24, 2.45) is 11.8 Å². The molecule has 1 aromatic carbocycles. The van der Waals surface area contributed by atoms with Crippen molar-refractivity contribution in [2.45, 2.75) is 84.0 Å². The van der Waals surface area contributed by atoms with E-state index in [1.807, 2.05) is 20.8 Å². The van der Waals surface area contributed by atoms with Crippen LogP contribution >= 0.6 is 0 Å². The zero-order chi connectivity index (χ0) is 35.6. The molecule has 12 nitrogen and oxygen atoms in total. The third-order valence-corrected chi connectivity index (χ3v) is 8.79. The second kappa shape index (κ2) is 17.1. The predicted molar refractivity (Wildman–Crippen MR) is 176 cm³/mol. The third-order valence-electron chi connectivity index (χ3n) is 8.79. The van der Waals surface area contributed by atoms with Crippen LogP contribution in [-0.2, 0) is 30.5 Å². The summed E-state index contributed by atoms with van der Waals surface area (Å²) in [7, 11) is 1.27. The van der Waals surface area contributed by atoms with Crippen molar-refractivity contribution in [3.8, 4) is 11.8 Å². The first-order valence-corrected chi connectivity index (χ1v) is 16.7. The summed E-state index contributed by atoms with van der Waals surface area (Å²) in [6, 6.07) is 6.86. The fraction of sp³-hybridized carbons (Fsp3) is 0.556. The van der Waals surface area contributed by atoms with E-state index in [9.17, 15) is 23.6 Å². The topological polar surface area (TPSA) is 151 Å². The van der Waals surface area contributed by atoms with Gasteiger partial charge >= 0.3 is 12.1 Å². The lowest BCUT2D eigenvalue weighted by atomic mass is 9.91. The summed E-state index contributed by atoms with van der Waals surface area (Å²) in [5.41, 5.74) is 0.430. The number of aromatic nitrogens is 1. The highest BCUT2D eigenvalue weighted by Crippen LogP contribution is 2.27. The number of pyridine rings is 1. The van der Waals surface area contributed by atoms with Crippen LogP contribution in [0.15, 0.2) is 36.7 Å². The molecule has 4 rings (SSSR count). The van der Waals surface area contributed by atoms with Crippen LogP contribution in [0.5, 0.6) is 5.75 Å². The maximum absolute atomic E-state index is 14.0. The molecule has 264 valence electrons. The average molecular weight is 680 g/mol. The van der Waals surface area contributed by atoms with Crippen molar-refractivity contribution >= 4 is 23.9 Å². The van der Waals surface area contributed by atoms with Crippen LogP contribution in [0.3, 0.4) is 0 Å². The summed E-state index contributed by atoms with van der Waals surface area (Å²) in [4.78, 5) is 59.1. The van der Waals surface area contributed by atoms with Gasteiger partial charge in [-0.1, -0.05) is 6.07 Å². The summed E-state index contributed by atoms with van der Waals surface area (Å²) in [5, 5.41) is 11.9. The first kappa shape index (κ1) is 37.1. The molecular weight excluding hydrogens is 633 g/mol. The highest BCUT2D eigenvalue weighted by Gasteiger charge is 2.32. The van der Waals surface area contributed by atoms with Crippen molar-refractivity contribution in [1.82, 2.24) is 20.1 Å². The molecular formula is C36H46FN5O7. The summed E-state index contributed by atoms with van der Waals surface area (Å²) < 4.78 is 30.2. The maximum atomic E-state index is 14.0. The lowest BCUT2D eigenvalue weighted by Gasteiger charge is -2.35. The van der Waals surface area contributed by atoms with Crippen molar-refractivity contribution in [1.29, 1.82) is 5.26 Å². The van der Waals surface area contributed by atoms with Crippen molar-refractivity contribution < 1.29 is 37.8 Å². The molecule has 49 heavy (non-hydrogen) atoms. The fourth-order valence-corrected chi connectivity index (χ4v) is 6.04. The molecule has 2 fully saturated rings. The molecule has 0 bridgehead atoms. The molecule has 2 aliphatic rings. The Morgan fingerprint density at radius 2 is 1.84 bits per heavy atom. The molecule has 0 radical (unpaired) electrons. The molecule has 2 aliphatic heterocycles. The molecule has 2 aromatic rings. The van der Waals surface area contributed by atoms with Gasteiger partial charge in [-0.15, -0.1) is 0 Å². The Hall–Kier alpha value is -4.73. The van der Waals surface area contributed by atoms with Crippen LogP contribution < -0.4 is 10.1 Å². The van der Waals surface area contributed by atoms with Gasteiger partial charge in [-0.05, 0) is 88.1 Å². The van der Waals surface area contributed by atoms with Gasteiger partial charge in [0.1, 0.15) is 29.8 Å². The molecule has 2 unspecified atom stereocenters. The van der Waals surface area contributed by atoms with E-state index in [-0.39, 0.29) is 43.0 Å². The number of halogens is 1. The van der Waals surface area contributed by atoms with Crippen molar-refractivity contribution in [2.75, 3.05) is 33.3 Å². The van der Waals surface area contributed by atoms with E-state index < -0.39 is 29.3 Å². The largest absolute Gasteiger partial charge is 0.487 e. The number of nitriles is 1. The minimum atomic E-state index is -0.763. The molecule has 3 amide bonds. The Kier molecular flexibility index (Phi) is 12.9. The summed E-state index contributed by atoms with van der Waals surface area (Å²) in [6.45, 7) is 7.63. The minimum absolute atomic E-state index is 0.00868. The summed E-state index contributed by atoms with van der Waals surface area (Å²) >= 11 is 0. The number of carbonyl (C=O) groups is 4. The number of esters is 1. The van der Waals surface area contributed by atoms with Gasteiger partial charge in [0, 0.05) is 38.8 Å². The zero-order valence-corrected chi connectivity index (χ0v) is 28.7. The van der Waals surface area contributed by atoms with Gasteiger partial charge < -0.3 is 29.3 Å². The van der Waals surface area contributed by atoms with E-state index in [2.05, 4.69) is 10.3 Å². The van der Waals surface area contributed by atoms with Gasteiger partial charge in [-0.3, -0.25) is 19.4 Å². The number of nitrogens with one attached hydrogen (secondary N) is 1. The van der Waals surface area contributed by atoms with Gasteiger partial charge in [0.25, 0.3) is 0 Å². The van der Waals surface area contributed by atoms with Crippen molar-refractivity contribution in [3.63, 3.8) is 0 Å². The number of nitrogens with zero attached hydrogens (tertiary/aromatic N) is 4. The summed E-state index contributed by atoms with van der Waals surface area (Å²) in [6.07, 6.45) is 6.56. The predicted octanol–water partition coefficient (Wildman–Crippen LogP) is 5.06. The molecule has 1 N–H and O–H groups in total. The number of hydrogen-bond donors (Lipinski definition) is 1. The van der Waals surface area contributed by atoms with Gasteiger partial charge in [0.2, 0.25) is 11.8 Å². The van der Waals surface area contributed by atoms with E-state index in [4.69, 9.17) is 19.5 Å². The number of benzene rings is 1. The normalized spacial score (nSPS) is 17.4. The Morgan fingerprint density at radius 1 is 1.08 bits per heavy atom. The van der Waals surface area contributed by atoms with E-state index in [1.165, 1.54) is 31.6 Å². The Labute approximate surface area is 286 Å². The Morgan fingerprint density at radius 3 is 2.51 bits per heavy atom. The van der Waals surface area contributed by atoms with Crippen LogP contribution in [0.2, 0.25) is 0 Å². The maximum Gasteiger partial charge on any atom is 0.410 e. The second-order valence-corrected chi connectivity index (χ2v) is 13.6. The highest BCUT2D eigenvalue weighted by atomic mass is 19.1. The molecule has 3 heterocycles. The second-order valence-electron chi connectivity index (χ2n) is 13.6. The number of methoxy groups -OCH3 is 1. The number of rotatable bonds is 11. The zero-order valence-electron chi connectivity index (χ0n) is 28.7.